The van der Waals surface area contributed by atoms with Gasteiger partial charge in [0.05, 0.1) is 21.9 Å². The molecule has 0 bridgehead atoms. The highest BCUT2D eigenvalue weighted by atomic mass is 35.5. The fourth-order valence-corrected chi connectivity index (χ4v) is 2.26. The molecule has 6 nitrogen and oxygen atoms in total. The van der Waals surface area contributed by atoms with Crippen molar-refractivity contribution < 1.29 is 9.90 Å². The highest BCUT2D eigenvalue weighted by molar-refractivity contribution is 6.35. The van der Waals surface area contributed by atoms with E-state index >= 15 is 0 Å². The number of pyridine rings is 1. The molecular weight excluding hydrogens is 280 g/mol. The van der Waals surface area contributed by atoms with Crippen LogP contribution in [0.5, 0.6) is 0 Å². The Morgan fingerprint density at radius 2 is 2.15 bits per heavy atom. The van der Waals surface area contributed by atoms with Crippen LogP contribution in [0, 0.1) is 6.92 Å². The third-order valence-electron chi connectivity index (χ3n) is 3.02. The number of aromatic nitrogens is 4. The molecule has 0 fully saturated rings. The van der Waals surface area contributed by atoms with E-state index in [2.05, 4.69) is 15.3 Å². The molecule has 20 heavy (non-hydrogen) atoms. The molecule has 0 aliphatic carbocycles. The van der Waals surface area contributed by atoms with Gasteiger partial charge >= 0.3 is 5.97 Å². The van der Waals surface area contributed by atoms with Crippen molar-refractivity contribution >= 4 is 28.5 Å². The highest BCUT2D eigenvalue weighted by Gasteiger charge is 2.18. The van der Waals surface area contributed by atoms with Crippen LogP contribution >= 0.6 is 11.6 Å². The summed E-state index contributed by atoms with van der Waals surface area (Å²) in [7, 11) is 0. The summed E-state index contributed by atoms with van der Waals surface area (Å²) in [4.78, 5) is 15.3. The summed E-state index contributed by atoms with van der Waals surface area (Å²) in [5.74, 6) is -1.11. The molecule has 2 aromatic heterocycles. The number of rotatable bonds is 2. The molecule has 0 radical (unpaired) electrons. The number of carboxylic acid groups (broad SMARTS) is 1. The third kappa shape index (κ3) is 1.81. The summed E-state index contributed by atoms with van der Waals surface area (Å²) in [5.41, 5.74) is 1.64. The van der Waals surface area contributed by atoms with Crippen LogP contribution in [0.3, 0.4) is 0 Å². The van der Waals surface area contributed by atoms with Gasteiger partial charge in [-0.05, 0) is 31.2 Å². The van der Waals surface area contributed by atoms with Crippen molar-refractivity contribution in [2.24, 2.45) is 0 Å². The van der Waals surface area contributed by atoms with Crippen molar-refractivity contribution in [2.45, 2.75) is 6.92 Å². The van der Waals surface area contributed by atoms with Crippen LogP contribution in [0.2, 0.25) is 5.02 Å². The molecule has 0 saturated carbocycles. The molecule has 0 aliphatic heterocycles. The number of carboxylic acids is 1. The molecule has 3 rings (SSSR count). The summed E-state index contributed by atoms with van der Waals surface area (Å²) >= 11 is 6.13. The summed E-state index contributed by atoms with van der Waals surface area (Å²) in [6.45, 7) is 1.65. The van der Waals surface area contributed by atoms with Crippen LogP contribution in [0.15, 0.2) is 30.5 Å². The maximum atomic E-state index is 11.0. The maximum Gasteiger partial charge on any atom is 0.358 e. The average molecular weight is 289 g/mol. The van der Waals surface area contributed by atoms with Gasteiger partial charge in [0.15, 0.2) is 5.69 Å². The lowest BCUT2D eigenvalue weighted by Gasteiger charge is -2.08. The number of benzene rings is 1. The van der Waals surface area contributed by atoms with Gasteiger partial charge in [-0.1, -0.05) is 16.8 Å². The zero-order valence-corrected chi connectivity index (χ0v) is 11.2. The molecular formula is C13H9ClN4O2. The summed E-state index contributed by atoms with van der Waals surface area (Å²) in [6, 6.07) is 7.10. The molecule has 0 atom stereocenters. The van der Waals surface area contributed by atoms with E-state index in [9.17, 15) is 4.79 Å². The number of aromatic carboxylic acids is 1. The molecule has 7 heteroatoms. The molecule has 0 spiro atoms. The molecule has 1 N–H and O–H groups in total. The fourth-order valence-electron chi connectivity index (χ4n) is 2.05. The number of carbonyl (C=O) groups is 1. The van der Waals surface area contributed by atoms with E-state index < -0.39 is 5.97 Å². The Hall–Kier alpha value is -2.47. The number of nitrogens with zero attached hydrogens (tertiary/aromatic N) is 4. The van der Waals surface area contributed by atoms with Crippen LogP contribution in [0.1, 0.15) is 16.2 Å². The van der Waals surface area contributed by atoms with E-state index in [4.69, 9.17) is 16.7 Å². The highest BCUT2D eigenvalue weighted by Crippen LogP contribution is 2.27. The van der Waals surface area contributed by atoms with E-state index in [0.29, 0.717) is 21.9 Å². The van der Waals surface area contributed by atoms with Crippen molar-refractivity contribution in [2.75, 3.05) is 0 Å². The van der Waals surface area contributed by atoms with Crippen molar-refractivity contribution in [3.05, 3.63) is 46.9 Å². The summed E-state index contributed by atoms with van der Waals surface area (Å²) in [6.07, 6.45) is 1.65. The van der Waals surface area contributed by atoms with Crippen LogP contribution in [0.4, 0.5) is 0 Å². The van der Waals surface area contributed by atoms with Crippen LogP contribution in [-0.2, 0) is 0 Å². The number of hydrogen-bond acceptors (Lipinski definition) is 4. The monoisotopic (exact) mass is 288 g/mol. The summed E-state index contributed by atoms with van der Waals surface area (Å²) in [5, 5.41) is 17.9. The lowest BCUT2D eigenvalue weighted by atomic mass is 10.2. The first-order valence-corrected chi connectivity index (χ1v) is 6.16. The lowest BCUT2D eigenvalue weighted by molar-refractivity contribution is 0.0689. The number of fused-ring (bicyclic) bond motifs is 1. The van der Waals surface area contributed by atoms with Crippen molar-refractivity contribution in [1.82, 2.24) is 20.0 Å². The predicted octanol–water partition coefficient (Wildman–Crippen LogP) is 2.48. The van der Waals surface area contributed by atoms with Gasteiger partial charge in [0.1, 0.15) is 0 Å². The molecule has 3 aromatic rings. The SMILES string of the molecule is Cc1c(C(=O)O)nnn1-c1ccc(Cl)c2cccnc12. The zero-order valence-electron chi connectivity index (χ0n) is 10.4. The molecule has 2 heterocycles. The normalized spacial score (nSPS) is 10.9. The minimum Gasteiger partial charge on any atom is -0.476 e. The standard InChI is InChI=1S/C13H9ClN4O2/c1-7-11(13(19)20)16-17-18(7)10-5-4-9(14)8-3-2-6-15-12(8)10/h2-6H,1H3,(H,19,20). The molecule has 0 unspecified atom stereocenters. The van der Waals surface area contributed by atoms with Crippen molar-refractivity contribution in [3.63, 3.8) is 0 Å². The van der Waals surface area contributed by atoms with Crippen LogP contribution in [-0.4, -0.2) is 31.1 Å². The Bertz CT molecular complexity index is 828. The minimum absolute atomic E-state index is 0.0796. The Labute approximate surface area is 118 Å². The van der Waals surface area contributed by atoms with E-state index in [-0.39, 0.29) is 5.69 Å². The van der Waals surface area contributed by atoms with Gasteiger partial charge in [0, 0.05) is 11.6 Å². The molecule has 0 amide bonds. The second-order valence-electron chi connectivity index (χ2n) is 4.21. The first-order chi connectivity index (χ1) is 9.59. The zero-order chi connectivity index (χ0) is 14.3. The lowest BCUT2D eigenvalue weighted by Crippen LogP contribution is -2.03. The first kappa shape index (κ1) is 12.6. The number of hydrogen-bond donors (Lipinski definition) is 1. The minimum atomic E-state index is -1.11. The largest absolute Gasteiger partial charge is 0.476 e. The second kappa shape index (κ2) is 4.57. The van der Waals surface area contributed by atoms with Gasteiger partial charge < -0.3 is 5.11 Å². The van der Waals surface area contributed by atoms with Crippen molar-refractivity contribution in [3.8, 4) is 5.69 Å². The fraction of sp³-hybridized carbons (Fsp3) is 0.0769. The predicted molar refractivity (Wildman–Crippen MR) is 73.4 cm³/mol. The number of halogens is 1. The maximum absolute atomic E-state index is 11.0. The van der Waals surface area contributed by atoms with E-state index in [0.717, 1.165) is 5.39 Å². The van der Waals surface area contributed by atoms with Gasteiger partial charge in [-0.25, -0.2) is 9.48 Å². The smallest absolute Gasteiger partial charge is 0.358 e. The van der Waals surface area contributed by atoms with Gasteiger partial charge in [0.25, 0.3) is 0 Å². The van der Waals surface area contributed by atoms with Gasteiger partial charge in [-0.2, -0.15) is 0 Å². The van der Waals surface area contributed by atoms with Gasteiger partial charge in [-0.15, -0.1) is 5.10 Å². The van der Waals surface area contributed by atoms with E-state index in [1.807, 2.05) is 6.07 Å². The quantitative estimate of drug-likeness (QED) is 0.783. The molecule has 100 valence electrons. The topological polar surface area (TPSA) is 80.9 Å². The Kier molecular flexibility index (Phi) is 2.87. The first-order valence-electron chi connectivity index (χ1n) is 5.79. The Balaban J connectivity index is 2.31. The third-order valence-corrected chi connectivity index (χ3v) is 3.35. The van der Waals surface area contributed by atoms with E-state index in [1.165, 1.54) is 4.68 Å². The average Bonchev–Trinajstić information content (AvgIpc) is 2.82. The van der Waals surface area contributed by atoms with Crippen molar-refractivity contribution in [1.29, 1.82) is 0 Å². The molecule has 0 saturated heterocycles. The van der Waals surface area contributed by atoms with E-state index in [1.54, 1.807) is 31.3 Å². The molecule has 1 aromatic carbocycles. The van der Waals surface area contributed by atoms with Crippen LogP contribution < -0.4 is 0 Å². The summed E-state index contributed by atoms with van der Waals surface area (Å²) < 4.78 is 1.45. The Morgan fingerprint density at radius 3 is 2.85 bits per heavy atom. The Morgan fingerprint density at radius 1 is 1.35 bits per heavy atom. The van der Waals surface area contributed by atoms with Gasteiger partial charge in [0.2, 0.25) is 0 Å². The van der Waals surface area contributed by atoms with Crippen LogP contribution in [0.25, 0.3) is 16.6 Å². The molecule has 0 aliphatic rings. The van der Waals surface area contributed by atoms with Gasteiger partial charge in [-0.3, -0.25) is 4.98 Å². The second-order valence-corrected chi connectivity index (χ2v) is 4.61.